The van der Waals surface area contributed by atoms with Crippen molar-refractivity contribution in [2.24, 2.45) is 0 Å². The van der Waals surface area contributed by atoms with Gasteiger partial charge in [-0.15, -0.1) is 11.3 Å². The van der Waals surface area contributed by atoms with Gasteiger partial charge in [-0.3, -0.25) is 0 Å². The Balaban J connectivity index is 1.56. The number of aromatic nitrogens is 1. The molecule has 26 heavy (non-hydrogen) atoms. The van der Waals surface area contributed by atoms with Crippen LogP contribution in [0.1, 0.15) is 23.5 Å². The second kappa shape index (κ2) is 7.51. The zero-order valence-electron chi connectivity index (χ0n) is 14.6. The molecule has 4 rings (SSSR count). The molecule has 1 aliphatic heterocycles. The summed E-state index contributed by atoms with van der Waals surface area (Å²) < 4.78 is 7.83. The zero-order chi connectivity index (χ0) is 17.9. The van der Waals surface area contributed by atoms with Crippen molar-refractivity contribution in [2.75, 3.05) is 18.5 Å². The Kier molecular flexibility index (Phi) is 4.95. The molecule has 3 heterocycles. The maximum absolute atomic E-state index is 5.77. The number of rotatable bonds is 4. The highest BCUT2D eigenvalue weighted by Crippen LogP contribution is 2.35. The molecule has 1 unspecified atom stereocenters. The van der Waals surface area contributed by atoms with Crippen LogP contribution >= 0.6 is 23.6 Å². The highest BCUT2D eigenvalue weighted by Gasteiger charge is 2.31. The van der Waals surface area contributed by atoms with Crippen molar-refractivity contribution in [3.8, 4) is 5.75 Å². The minimum absolute atomic E-state index is 0.154. The molecule has 1 atom stereocenters. The number of hydrogen-bond acceptors (Lipinski definition) is 3. The molecule has 0 bridgehead atoms. The van der Waals surface area contributed by atoms with E-state index in [1.54, 1.807) is 11.3 Å². The van der Waals surface area contributed by atoms with Gasteiger partial charge in [-0.2, -0.15) is 0 Å². The summed E-state index contributed by atoms with van der Waals surface area (Å²) in [6, 6.07) is 16.7. The minimum atomic E-state index is 0.154. The fourth-order valence-corrected chi connectivity index (χ4v) is 4.51. The largest absolute Gasteiger partial charge is 0.494 e. The van der Waals surface area contributed by atoms with Crippen LogP contribution in [0.15, 0.2) is 60.1 Å². The number of ether oxygens (including phenoxy) is 1. The van der Waals surface area contributed by atoms with Gasteiger partial charge in [0, 0.05) is 35.5 Å². The molecular weight excluding hydrogens is 362 g/mol. The predicted molar refractivity (Wildman–Crippen MR) is 111 cm³/mol. The van der Waals surface area contributed by atoms with Crippen LogP contribution in [-0.4, -0.2) is 27.7 Å². The molecule has 0 fully saturated rings. The first-order chi connectivity index (χ1) is 12.8. The van der Waals surface area contributed by atoms with E-state index in [1.807, 2.05) is 31.2 Å². The molecule has 0 aliphatic carbocycles. The Morgan fingerprint density at radius 2 is 2.04 bits per heavy atom. The standard InChI is InChI=1S/C20H21N3OS2/c1-2-24-16-9-7-15(8-10-16)21-20(25)23-13-12-22-11-3-5-17(22)19(23)18-6-4-14-26-18/h3-11,14,19H,2,12-13H2,1H3,(H,21,25). The molecule has 3 aromatic rings. The van der Waals surface area contributed by atoms with Crippen molar-refractivity contribution in [2.45, 2.75) is 19.5 Å². The van der Waals surface area contributed by atoms with Gasteiger partial charge < -0.3 is 19.5 Å². The van der Waals surface area contributed by atoms with Gasteiger partial charge in [0.1, 0.15) is 11.8 Å². The molecule has 4 nitrogen and oxygen atoms in total. The number of thiophene rings is 1. The summed E-state index contributed by atoms with van der Waals surface area (Å²) in [4.78, 5) is 3.59. The summed E-state index contributed by atoms with van der Waals surface area (Å²) >= 11 is 7.55. The van der Waals surface area contributed by atoms with E-state index < -0.39 is 0 Å². The van der Waals surface area contributed by atoms with Gasteiger partial charge in [0.05, 0.1) is 6.61 Å². The average Bonchev–Trinajstić information content (AvgIpc) is 3.34. The van der Waals surface area contributed by atoms with Crippen LogP contribution in [0.4, 0.5) is 5.69 Å². The number of anilines is 1. The maximum atomic E-state index is 5.77. The fraction of sp³-hybridized carbons (Fsp3) is 0.250. The first-order valence-electron chi connectivity index (χ1n) is 8.75. The van der Waals surface area contributed by atoms with E-state index in [9.17, 15) is 0 Å². The third-order valence-electron chi connectivity index (χ3n) is 4.53. The Bertz CT molecular complexity index is 871. The average molecular weight is 384 g/mol. The predicted octanol–water partition coefficient (Wildman–Crippen LogP) is 4.75. The first kappa shape index (κ1) is 17.1. The van der Waals surface area contributed by atoms with E-state index in [0.717, 1.165) is 29.6 Å². The topological polar surface area (TPSA) is 29.4 Å². The zero-order valence-corrected chi connectivity index (χ0v) is 16.2. The van der Waals surface area contributed by atoms with Crippen LogP contribution in [0, 0.1) is 0 Å². The lowest BCUT2D eigenvalue weighted by molar-refractivity contribution is 0.297. The fourth-order valence-electron chi connectivity index (χ4n) is 3.34. The molecule has 1 N–H and O–H groups in total. The van der Waals surface area contributed by atoms with Gasteiger partial charge in [-0.1, -0.05) is 6.07 Å². The summed E-state index contributed by atoms with van der Waals surface area (Å²) in [7, 11) is 0. The highest BCUT2D eigenvalue weighted by molar-refractivity contribution is 7.80. The molecule has 0 saturated carbocycles. The molecule has 1 aliphatic rings. The quantitative estimate of drug-likeness (QED) is 0.659. The van der Waals surface area contributed by atoms with Crippen molar-refractivity contribution in [3.05, 3.63) is 70.7 Å². The number of hydrogen-bond donors (Lipinski definition) is 1. The lowest BCUT2D eigenvalue weighted by atomic mass is 10.1. The van der Waals surface area contributed by atoms with Crippen molar-refractivity contribution in [1.82, 2.24) is 9.47 Å². The van der Waals surface area contributed by atoms with Crippen molar-refractivity contribution in [3.63, 3.8) is 0 Å². The van der Waals surface area contributed by atoms with Crippen molar-refractivity contribution >= 4 is 34.4 Å². The highest BCUT2D eigenvalue weighted by atomic mass is 32.1. The molecule has 0 spiro atoms. The first-order valence-corrected chi connectivity index (χ1v) is 10.0. The van der Waals surface area contributed by atoms with Crippen LogP contribution in [0.3, 0.4) is 0 Å². The molecular formula is C20H21N3OS2. The Hall–Kier alpha value is -2.31. The third-order valence-corrected chi connectivity index (χ3v) is 5.79. The van der Waals surface area contributed by atoms with Crippen LogP contribution in [0.2, 0.25) is 0 Å². The van der Waals surface area contributed by atoms with Gasteiger partial charge in [0.25, 0.3) is 0 Å². The summed E-state index contributed by atoms with van der Waals surface area (Å²) in [5.41, 5.74) is 2.26. The van der Waals surface area contributed by atoms with E-state index in [0.29, 0.717) is 6.61 Å². The number of fused-ring (bicyclic) bond motifs is 1. The Morgan fingerprint density at radius 1 is 1.19 bits per heavy atom. The third kappa shape index (κ3) is 3.34. The van der Waals surface area contributed by atoms with E-state index in [-0.39, 0.29) is 6.04 Å². The molecule has 6 heteroatoms. The van der Waals surface area contributed by atoms with Gasteiger partial charge >= 0.3 is 0 Å². The molecule has 0 amide bonds. The number of nitrogens with zero attached hydrogens (tertiary/aromatic N) is 2. The molecule has 0 saturated heterocycles. The summed E-state index contributed by atoms with van der Waals surface area (Å²) in [6.45, 7) is 4.47. The molecule has 1 aromatic carbocycles. The smallest absolute Gasteiger partial charge is 0.174 e. The lowest BCUT2D eigenvalue weighted by Gasteiger charge is -2.38. The van der Waals surface area contributed by atoms with Crippen molar-refractivity contribution in [1.29, 1.82) is 0 Å². The second-order valence-electron chi connectivity index (χ2n) is 6.13. The van der Waals surface area contributed by atoms with Gasteiger partial charge in [0.2, 0.25) is 0 Å². The second-order valence-corrected chi connectivity index (χ2v) is 7.49. The van der Waals surface area contributed by atoms with Crippen LogP contribution < -0.4 is 10.1 Å². The lowest BCUT2D eigenvalue weighted by Crippen LogP contribution is -2.44. The Labute approximate surface area is 163 Å². The van der Waals surface area contributed by atoms with Crippen LogP contribution in [-0.2, 0) is 6.54 Å². The summed E-state index contributed by atoms with van der Waals surface area (Å²) in [5, 5.41) is 6.27. The van der Waals surface area contributed by atoms with Gasteiger partial charge in [-0.05, 0) is 67.0 Å². The van der Waals surface area contributed by atoms with E-state index in [4.69, 9.17) is 17.0 Å². The summed E-state index contributed by atoms with van der Waals surface area (Å²) in [5.74, 6) is 0.872. The number of nitrogens with one attached hydrogen (secondary N) is 1. The monoisotopic (exact) mass is 383 g/mol. The SMILES string of the molecule is CCOc1ccc(NC(=S)N2CCn3cccc3C2c2cccs2)cc1. The summed E-state index contributed by atoms with van der Waals surface area (Å²) in [6.07, 6.45) is 2.15. The van der Waals surface area contributed by atoms with Crippen molar-refractivity contribution < 1.29 is 4.74 Å². The van der Waals surface area contributed by atoms with E-state index >= 15 is 0 Å². The number of benzene rings is 1. The van der Waals surface area contributed by atoms with Crippen LogP contribution in [0.25, 0.3) is 0 Å². The molecule has 134 valence electrons. The Morgan fingerprint density at radius 3 is 2.77 bits per heavy atom. The van der Waals surface area contributed by atoms with Crippen LogP contribution in [0.5, 0.6) is 5.75 Å². The van der Waals surface area contributed by atoms with Gasteiger partial charge in [-0.25, -0.2) is 0 Å². The molecule has 2 aromatic heterocycles. The van der Waals surface area contributed by atoms with Gasteiger partial charge in [0.15, 0.2) is 5.11 Å². The van der Waals surface area contributed by atoms with E-state index in [2.05, 4.69) is 50.6 Å². The normalized spacial score (nSPS) is 16.2. The maximum Gasteiger partial charge on any atom is 0.174 e. The molecule has 0 radical (unpaired) electrons. The minimum Gasteiger partial charge on any atom is -0.494 e. The number of thiocarbonyl (C=S) groups is 1. The van der Waals surface area contributed by atoms with E-state index in [1.165, 1.54) is 10.6 Å².